The number of rotatable bonds is 6. The highest BCUT2D eigenvalue weighted by Crippen LogP contribution is 1.99. The molecule has 0 aliphatic carbocycles. The fourth-order valence-corrected chi connectivity index (χ4v) is 0.791. The Hall–Kier alpha value is -1.58. The van der Waals surface area contributed by atoms with Gasteiger partial charge in [-0.15, -0.1) is 0 Å². The van der Waals surface area contributed by atoms with Gasteiger partial charge in [0.2, 0.25) is 5.91 Å². The highest BCUT2D eigenvalue weighted by atomic mass is 16.5. The van der Waals surface area contributed by atoms with Gasteiger partial charge in [-0.3, -0.25) is 4.79 Å². The number of unbranched alkanes of at least 4 members (excludes halogenated alkanes) is 1. The van der Waals surface area contributed by atoms with E-state index in [0.717, 1.165) is 0 Å². The van der Waals surface area contributed by atoms with Crippen molar-refractivity contribution in [2.24, 2.45) is 5.73 Å². The Morgan fingerprint density at radius 1 is 1.40 bits per heavy atom. The topological polar surface area (TPSA) is 69.4 Å². The molecule has 2 N–H and O–H groups in total. The molecule has 0 aliphatic heterocycles. The number of nitrogens with two attached hydrogens (primary N) is 1. The molecule has 0 spiro atoms. The van der Waals surface area contributed by atoms with Gasteiger partial charge in [0, 0.05) is 11.1 Å². The van der Waals surface area contributed by atoms with Gasteiger partial charge in [-0.25, -0.2) is 4.79 Å². The summed E-state index contributed by atoms with van der Waals surface area (Å²) in [6.45, 7) is 7.04. The molecule has 0 aromatic rings. The van der Waals surface area contributed by atoms with Crippen molar-refractivity contribution in [3.8, 4) is 0 Å². The molecule has 0 radical (unpaired) electrons. The van der Waals surface area contributed by atoms with Crippen LogP contribution in [-0.4, -0.2) is 18.5 Å². The number of allylic oxidation sites excluding steroid dienone is 1. The van der Waals surface area contributed by atoms with E-state index in [0.29, 0.717) is 30.6 Å². The molecule has 0 rings (SSSR count). The molecule has 0 aliphatic rings. The monoisotopic (exact) mass is 211 g/mol. The van der Waals surface area contributed by atoms with E-state index in [2.05, 4.69) is 6.58 Å². The first-order valence-electron chi connectivity index (χ1n) is 4.74. The lowest BCUT2D eigenvalue weighted by atomic mass is 10.2. The number of hydrogen-bond acceptors (Lipinski definition) is 3. The Kier molecular flexibility index (Phi) is 6.09. The van der Waals surface area contributed by atoms with Crippen molar-refractivity contribution in [1.29, 1.82) is 0 Å². The number of amides is 1. The smallest absolute Gasteiger partial charge is 0.333 e. The number of carbonyl (C=O) groups excluding carboxylic acids is 2. The van der Waals surface area contributed by atoms with E-state index in [-0.39, 0.29) is 5.97 Å². The van der Waals surface area contributed by atoms with E-state index in [1.165, 1.54) is 0 Å². The number of ether oxygens (including phenoxy) is 1. The van der Waals surface area contributed by atoms with Crippen LogP contribution in [0.3, 0.4) is 0 Å². The Morgan fingerprint density at radius 3 is 2.47 bits per heavy atom. The lowest BCUT2D eigenvalue weighted by molar-refractivity contribution is -0.139. The first-order valence-corrected chi connectivity index (χ1v) is 4.74. The normalized spacial score (nSPS) is 10.9. The molecule has 4 heteroatoms. The predicted octanol–water partition coefficient (Wildman–Crippen LogP) is 1.32. The second-order valence-electron chi connectivity index (χ2n) is 3.31. The fraction of sp³-hybridized carbons (Fsp3) is 0.455. The quantitative estimate of drug-likeness (QED) is 0.409. The molecule has 4 nitrogen and oxygen atoms in total. The van der Waals surface area contributed by atoms with E-state index in [1.54, 1.807) is 19.9 Å². The SMILES string of the molecule is C=C(C)C(=O)OCCCC=C(C)C(N)=O. The Balaban J connectivity index is 3.65. The van der Waals surface area contributed by atoms with Crippen molar-refractivity contribution < 1.29 is 14.3 Å². The molecule has 0 saturated heterocycles. The van der Waals surface area contributed by atoms with Crippen molar-refractivity contribution in [2.75, 3.05) is 6.61 Å². The van der Waals surface area contributed by atoms with Gasteiger partial charge >= 0.3 is 5.97 Å². The number of primary amides is 1. The van der Waals surface area contributed by atoms with E-state index in [1.807, 2.05) is 0 Å². The summed E-state index contributed by atoms with van der Waals surface area (Å²) < 4.78 is 4.86. The van der Waals surface area contributed by atoms with Crippen LogP contribution < -0.4 is 5.73 Å². The molecule has 0 heterocycles. The van der Waals surface area contributed by atoms with Crippen molar-refractivity contribution in [3.05, 3.63) is 23.8 Å². The van der Waals surface area contributed by atoms with Gasteiger partial charge in [0.25, 0.3) is 0 Å². The molecule has 0 unspecified atom stereocenters. The van der Waals surface area contributed by atoms with Crippen LogP contribution >= 0.6 is 0 Å². The predicted molar refractivity (Wildman–Crippen MR) is 58.0 cm³/mol. The van der Waals surface area contributed by atoms with Crippen LogP contribution in [0.5, 0.6) is 0 Å². The third-order valence-electron chi connectivity index (χ3n) is 1.77. The summed E-state index contributed by atoms with van der Waals surface area (Å²) in [5, 5.41) is 0. The summed E-state index contributed by atoms with van der Waals surface area (Å²) in [6.07, 6.45) is 3.07. The van der Waals surface area contributed by atoms with Crippen molar-refractivity contribution in [1.82, 2.24) is 0 Å². The van der Waals surface area contributed by atoms with Crippen LogP contribution in [0.15, 0.2) is 23.8 Å². The molecule has 1 amide bonds. The average Bonchev–Trinajstić information content (AvgIpc) is 2.16. The first-order chi connectivity index (χ1) is 6.95. The maximum atomic E-state index is 10.9. The summed E-state index contributed by atoms with van der Waals surface area (Å²) >= 11 is 0. The summed E-state index contributed by atoms with van der Waals surface area (Å²) in [5.41, 5.74) is 5.95. The lowest BCUT2D eigenvalue weighted by Crippen LogP contribution is -2.11. The van der Waals surface area contributed by atoms with Gasteiger partial charge in [-0.05, 0) is 26.7 Å². The maximum Gasteiger partial charge on any atom is 0.333 e. The minimum atomic E-state index is -0.422. The zero-order valence-corrected chi connectivity index (χ0v) is 9.21. The molecule has 0 aromatic carbocycles. The van der Waals surface area contributed by atoms with E-state index >= 15 is 0 Å². The second kappa shape index (κ2) is 6.81. The summed E-state index contributed by atoms with van der Waals surface area (Å²) in [5.74, 6) is -0.806. The van der Waals surface area contributed by atoms with E-state index < -0.39 is 5.91 Å². The summed E-state index contributed by atoms with van der Waals surface area (Å²) in [4.78, 5) is 21.6. The largest absolute Gasteiger partial charge is 0.462 e. The van der Waals surface area contributed by atoms with Crippen LogP contribution in [0.25, 0.3) is 0 Å². The number of hydrogen-bond donors (Lipinski definition) is 1. The summed E-state index contributed by atoms with van der Waals surface area (Å²) in [6, 6.07) is 0. The van der Waals surface area contributed by atoms with Gasteiger partial charge in [-0.1, -0.05) is 12.7 Å². The third-order valence-corrected chi connectivity index (χ3v) is 1.77. The van der Waals surface area contributed by atoms with Crippen molar-refractivity contribution >= 4 is 11.9 Å². The number of esters is 1. The zero-order chi connectivity index (χ0) is 11.8. The van der Waals surface area contributed by atoms with Crippen LogP contribution in [-0.2, 0) is 14.3 Å². The molecular weight excluding hydrogens is 194 g/mol. The molecule has 84 valence electrons. The van der Waals surface area contributed by atoms with Gasteiger partial charge in [-0.2, -0.15) is 0 Å². The number of carbonyl (C=O) groups is 2. The lowest BCUT2D eigenvalue weighted by Gasteiger charge is -2.02. The molecule has 0 fully saturated rings. The standard InChI is InChI=1S/C11H17NO3/c1-8(2)11(14)15-7-5-4-6-9(3)10(12)13/h6H,1,4-5,7H2,2-3H3,(H2,12,13). The van der Waals surface area contributed by atoms with Crippen LogP contribution in [0.4, 0.5) is 0 Å². The molecular formula is C11H17NO3. The van der Waals surface area contributed by atoms with Gasteiger partial charge < -0.3 is 10.5 Å². The highest BCUT2D eigenvalue weighted by molar-refractivity contribution is 5.91. The van der Waals surface area contributed by atoms with Gasteiger partial charge in [0.15, 0.2) is 0 Å². The molecule has 0 atom stereocenters. The van der Waals surface area contributed by atoms with Gasteiger partial charge in [0.1, 0.15) is 0 Å². The van der Waals surface area contributed by atoms with Crippen LogP contribution in [0.1, 0.15) is 26.7 Å². The third kappa shape index (κ3) is 6.49. The average molecular weight is 211 g/mol. The highest BCUT2D eigenvalue weighted by Gasteiger charge is 2.01. The Morgan fingerprint density at radius 2 is 2.00 bits per heavy atom. The van der Waals surface area contributed by atoms with E-state index in [9.17, 15) is 9.59 Å². The minimum Gasteiger partial charge on any atom is -0.462 e. The van der Waals surface area contributed by atoms with Crippen LogP contribution in [0, 0.1) is 0 Å². The van der Waals surface area contributed by atoms with Crippen LogP contribution in [0.2, 0.25) is 0 Å². The molecule has 0 aromatic heterocycles. The first kappa shape index (κ1) is 13.4. The van der Waals surface area contributed by atoms with E-state index in [4.69, 9.17) is 10.5 Å². The fourth-order valence-electron chi connectivity index (χ4n) is 0.791. The van der Waals surface area contributed by atoms with Crippen molar-refractivity contribution in [2.45, 2.75) is 26.7 Å². The summed E-state index contributed by atoms with van der Waals surface area (Å²) in [7, 11) is 0. The molecule has 15 heavy (non-hydrogen) atoms. The Labute approximate surface area is 89.8 Å². The Bertz CT molecular complexity index is 292. The molecule has 0 bridgehead atoms. The maximum absolute atomic E-state index is 10.9. The minimum absolute atomic E-state index is 0.328. The van der Waals surface area contributed by atoms with Crippen molar-refractivity contribution in [3.63, 3.8) is 0 Å². The second-order valence-corrected chi connectivity index (χ2v) is 3.31. The molecule has 0 saturated carbocycles. The van der Waals surface area contributed by atoms with Gasteiger partial charge in [0.05, 0.1) is 6.61 Å². The zero-order valence-electron chi connectivity index (χ0n) is 9.21.